The average molecular weight is 296 g/mol. The van der Waals surface area contributed by atoms with Crippen molar-refractivity contribution in [3.63, 3.8) is 0 Å². The molecular weight excluding hydrogens is 268 g/mol. The molecule has 0 aromatic carbocycles. The van der Waals surface area contributed by atoms with Crippen LogP contribution in [-0.4, -0.2) is 9.97 Å². The highest BCUT2D eigenvalue weighted by Crippen LogP contribution is 2.20. The highest BCUT2D eigenvalue weighted by atomic mass is 14.7. The topological polar surface area (TPSA) is 25.8 Å². The van der Waals surface area contributed by atoms with Gasteiger partial charge in [0.25, 0.3) is 0 Å². The Morgan fingerprint density at radius 2 is 1.59 bits per heavy atom. The quantitative estimate of drug-likeness (QED) is 0.771. The van der Waals surface area contributed by atoms with Crippen LogP contribution in [-0.2, 0) is 19.3 Å². The monoisotopic (exact) mass is 296 g/mol. The van der Waals surface area contributed by atoms with Crippen molar-refractivity contribution in [2.45, 2.75) is 53.9 Å². The summed E-state index contributed by atoms with van der Waals surface area (Å²) >= 11 is 0. The fourth-order valence-electron chi connectivity index (χ4n) is 2.99. The summed E-state index contributed by atoms with van der Waals surface area (Å²) in [5.74, 6) is 1.26. The van der Waals surface area contributed by atoms with E-state index >= 15 is 0 Å². The molecule has 0 spiro atoms. The van der Waals surface area contributed by atoms with Gasteiger partial charge in [0.15, 0.2) is 0 Å². The fourth-order valence-corrected chi connectivity index (χ4v) is 2.99. The highest BCUT2D eigenvalue weighted by molar-refractivity contribution is 5.30. The van der Waals surface area contributed by atoms with Crippen molar-refractivity contribution in [1.82, 2.24) is 9.97 Å². The molecule has 1 unspecified atom stereocenters. The molecule has 0 bridgehead atoms. The van der Waals surface area contributed by atoms with Crippen molar-refractivity contribution >= 4 is 0 Å². The number of nitrogens with zero attached hydrogens (tertiary/aromatic N) is 2. The molecular formula is C20H28N2. The van der Waals surface area contributed by atoms with E-state index in [1.165, 1.54) is 22.4 Å². The number of rotatable bonds is 6. The first kappa shape index (κ1) is 16.7. The number of pyridine rings is 2. The van der Waals surface area contributed by atoms with E-state index in [1.807, 2.05) is 18.5 Å². The second-order valence-electron chi connectivity index (χ2n) is 6.90. The van der Waals surface area contributed by atoms with Crippen LogP contribution in [0.3, 0.4) is 0 Å². The maximum atomic E-state index is 4.57. The van der Waals surface area contributed by atoms with Gasteiger partial charge >= 0.3 is 0 Å². The molecule has 0 saturated carbocycles. The van der Waals surface area contributed by atoms with Crippen molar-refractivity contribution in [2.24, 2.45) is 11.8 Å². The lowest BCUT2D eigenvalue weighted by Crippen LogP contribution is -2.09. The van der Waals surface area contributed by atoms with E-state index in [0.717, 1.165) is 25.0 Å². The minimum atomic E-state index is 0.607. The summed E-state index contributed by atoms with van der Waals surface area (Å²) in [5, 5.41) is 0. The molecule has 1 atom stereocenters. The smallest absolute Gasteiger partial charge is 0.0438 e. The summed E-state index contributed by atoms with van der Waals surface area (Å²) in [6, 6.07) is 6.42. The van der Waals surface area contributed by atoms with Gasteiger partial charge in [0.05, 0.1) is 0 Å². The van der Waals surface area contributed by atoms with Crippen LogP contribution in [0.25, 0.3) is 0 Å². The van der Waals surface area contributed by atoms with Gasteiger partial charge in [-0.15, -0.1) is 0 Å². The fraction of sp³-hybridized carbons (Fsp3) is 0.500. The van der Waals surface area contributed by atoms with E-state index in [1.54, 1.807) is 0 Å². The van der Waals surface area contributed by atoms with Crippen LogP contribution in [0.15, 0.2) is 30.6 Å². The Morgan fingerprint density at radius 1 is 0.864 bits per heavy atom. The zero-order valence-corrected chi connectivity index (χ0v) is 14.6. The van der Waals surface area contributed by atoms with Crippen LogP contribution in [0, 0.1) is 25.7 Å². The first-order chi connectivity index (χ1) is 10.5. The lowest BCUT2D eigenvalue weighted by molar-refractivity contribution is 0.569. The highest BCUT2D eigenvalue weighted by Gasteiger charge is 2.12. The maximum absolute atomic E-state index is 4.57. The molecule has 22 heavy (non-hydrogen) atoms. The van der Waals surface area contributed by atoms with E-state index in [-0.39, 0.29) is 0 Å². The molecule has 2 heterocycles. The zero-order valence-electron chi connectivity index (χ0n) is 14.6. The largest absolute Gasteiger partial charge is 0.261 e. The third-order valence-corrected chi connectivity index (χ3v) is 4.28. The van der Waals surface area contributed by atoms with E-state index < -0.39 is 0 Å². The first-order valence-corrected chi connectivity index (χ1v) is 8.31. The summed E-state index contributed by atoms with van der Waals surface area (Å²) in [6.45, 7) is 11.2. The van der Waals surface area contributed by atoms with Crippen LogP contribution >= 0.6 is 0 Å². The average Bonchev–Trinajstić information content (AvgIpc) is 2.45. The molecule has 0 amide bonds. The van der Waals surface area contributed by atoms with E-state index in [2.05, 4.69) is 56.7 Å². The SMILES string of the molecule is Cc1ncccc1CC(C)Cc1ccnc(CC(C)C)c1C. The minimum absolute atomic E-state index is 0.607. The van der Waals surface area contributed by atoms with Crippen LogP contribution in [0.4, 0.5) is 0 Å². The summed E-state index contributed by atoms with van der Waals surface area (Å²) < 4.78 is 0. The summed E-state index contributed by atoms with van der Waals surface area (Å²) in [7, 11) is 0. The third-order valence-electron chi connectivity index (χ3n) is 4.28. The normalized spacial score (nSPS) is 12.6. The second-order valence-corrected chi connectivity index (χ2v) is 6.90. The molecule has 2 aromatic heterocycles. The molecule has 2 rings (SSSR count). The Morgan fingerprint density at radius 3 is 2.27 bits per heavy atom. The molecule has 0 saturated heterocycles. The molecule has 0 aliphatic heterocycles. The van der Waals surface area contributed by atoms with Crippen molar-refractivity contribution in [3.05, 3.63) is 58.7 Å². The van der Waals surface area contributed by atoms with Gasteiger partial charge in [-0.2, -0.15) is 0 Å². The van der Waals surface area contributed by atoms with Gasteiger partial charge in [0.1, 0.15) is 0 Å². The lowest BCUT2D eigenvalue weighted by atomic mass is 9.91. The molecule has 0 radical (unpaired) electrons. The molecule has 2 heteroatoms. The summed E-state index contributed by atoms with van der Waals surface area (Å²) in [5.41, 5.74) is 6.60. The minimum Gasteiger partial charge on any atom is -0.261 e. The Bertz CT molecular complexity index is 617. The van der Waals surface area contributed by atoms with Crippen molar-refractivity contribution in [3.8, 4) is 0 Å². The van der Waals surface area contributed by atoms with Gasteiger partial charge in [-0.3, -0.25) is 9.97 Å². The molecule has 0 aliphatic carbocycles. The number of hydrogen-bond donors (Lipinski definition) is 0. The van der Waals surface area contributed by atoms with Crippen LogP contribution in [0.1, 0.15) is 48.8 Å². The molecule has 2 aromatic rings. The van der Waals surface area contributed by atoms with E-state index in [9.17, 15) is 0 Å². The zero-order chi connectivity index (χ0) is 16.1. The maximum Gasteiger partial charge on any atom is 0.0438 e. The summed E-state index contributed by atoms with van der Waals surface area (Å²) in [4.78, 5) is 8.97. The van der Waals surface area contributed by atoms with Crippen molar-refractivity contribution in [2.75, 3.05) is 0 Å². The standard InChI is InChI=1S/C20H28N2/c1-14(2)11-20-16(4)18(8-10-22-20)12-15(3)13-19-7-6-9-21-17(19)5/h6-10,14-15H,11-13H2,1-5H3. The van der Waals surface area contributed by atoms with Gasteiger partial charge in [-0.25, -0.2) is 0 Å². The predicted octanol–water partition coefficient (Wildman–Crippen LogP) is 4.71. The Labute approximate surface area is 135 Å². The van der Waals surface area contributed by atoms with Gasteiger partial charge in [-0.1, -0.05) is 26.8 Å². The Hall–Kier alpha value is -1.70. The predicted molar refractivity (Wildman–Crippen MR) is 93.1 cm³/mol. The Balaban J connectivity index is 2.08. The van der Waals surface area contributed by atoms with Crippen molar-refractivity contribution in [1.29, 1.82) is 0 Å². The second kappa shape index (κ2) is 7.53. The van der Waals surface area contributed by atoms with Gasteiger partial charge in [-0.05, 0) is 73.8 Å². The van der Waals surface area contributed by atoms with Gasteiger partial charge < -0.3 is 0 Å². The summed E-state index contributed by atoms with van der Waals surface area (Å²) in [6.07, 6.45) is 7.10. The van der Waals surface area contributed by atoms with Gasteiger partial charge in [0.2, 0.25) is 0 Å². The number of hydrogen-bond acceptors (Lipinski definition) is 2. The van der Waals surface area contributed by atoms with Crippen LogP contribution < -0.4 is 0 Å². The van der Waals surface area contributed by atoms with E-state index in [0.29, 0.717) is 11.8 Å². The van der Waals surface area contributed by atoms with Gasteiger partial charge in [0, 0.05) is 23.8 Å². The molecule has 0 fully saturated rings. The molecule has 0 aliphatic rings. The number of aryl methyl sites for hydroxylation is 1. The van der Waals surface area contributed by atoms with Crippen LogP contribution in [0.2, 0.25) is 0 Å². The molecule has 2 nitrogen and oxygen atoms in total. The Kier molecular flexibility index (Phi) is 5.70. The molecule has 118 valence electrons. The van der Waals surface area contributed by atoms with Crippen molar-refractivity contribution < 1.29 is 0 Å². The molecule has 0 N–H and O–H groups in total. The van der Waals surface area contributed by atoms with Crippen LogP contribution in [0.5, 0.6) is 0 Å². The first-order valence-electron chi connectivity index (χ1n) is 8.31. The lowest BCUT2D eigenvalue weighted by Gasteiger charge is -2.16. The number of aromatic nitrogens is 2. The third kappa shape index (κ3) is 4.40. The van der Waals surface area contributed by atoms with E-state index in [4.69, 9.17) is 0 Å².